The molecule has 0 bridgehead atoms. The first-order valence-corrected chi connectivity index (χ1v) is 4.59. The Kier molecular flexibility index (Phi) is 7.01. The van der Waals surface area contributed by atoms with E-state index in [1.54, 1.807) is 6.92 Å². The second kappa shape index (κ2) is 7.61. The van der Waals surface area contributed by atoms with Crippen LogP contribution in [0.15, 0.2) is 34.8 Å². The molecule has 13 heavy (non-hydrogen) atoms. The number of primary amides is 1. The van der Waals surface area contributed by atoms with Gasteiger partial charge in [0.05, 0.1) is 6.61 Å². The quantitative estimate of drug-likeness (QED) is 0.827. The van der Waals surface area contributed by atoms with Crippen LogP contribution < -0.4 is 5.73 Å². The van der Waals surface area contributed by atoms with Gasteiger partial charge in [0.15, 0.2) is 0 Å². The lowest BCUT2D eigenvalue weighted by Gasteiger charge is -1.89. The standard InChI is InChI=1S/C6H5Br.C3H7NO2/c7-6-4-2-1-3-5-6;1-2-6-3(4)5/h1-5H;2H2,1H3,(H2,4,5). The molecule has 0 aliphatic heterocycles. The lowest BCUT2D eigenvalue weighted by Crippen LogP contribution is -2.11. The molecule has 1 aromatic rings. The van der Waals surface area contributed by atoms with Crippen molar-refractivity contribution in [3.8, 4) is 0 Å². The van der Waals surface area contributed by atoms with Crippen LogP contribution in [0.1, 0.15) is 6.92 Å². The predicted octanol–water partition coefficient (Wildman–Crippen LogP) is 2.55. The minimum absolute atomic E-state index is 0.356. The first-order chi connectivity index (χ1) is 6.16. The van der Waals surface area contributed by atoms with Gasteiger partial charge in [0, 0.05) is 4.47 Å². The Bertz CT molecular complexity index is 239. The molecule has 0 saturated heterocycles. The highest BCUT2D eigenvalue weighted by atomic mass is 79.9. The van der Waals surface area contributed by atoms with E-state index < -0.39 is 6.09 Å². The fraction of sp³-hybridized carbons (Fsp3) is 0.222. The second-order valence-electron chi connectivity index (χ2n) is 2.05. The van der Waals surface area contributed by atoms with Gasteiger partial charge in [-0.05, 0) is 19.1 Å². The van der Waals surface area contributed by atoms with Gasteiger partial charge in [-0.2, -0.15) is 0 Å². The molecule has 0 heterocycles. The number of carbonyl (C=O) groups excluding carboxylic acids is 1. The largest absolute Gasteiger partial charge is 0.450 e. The summed E-state index contributed by atoms with van der Waals surface area (Å²) < 4.78 is 5.31. The molecule has 0 aliphatic carbocycles. The molecular formula is C9H12BrNO2. The molecule has 1 amide bonds. The van der Waals surface area contributed by atoms with Gasteiger partial charge >= 0.3 is 6.09 Å². The molecule has 0 saturated carbocycles. The number of hydrogen-bond acceptors (Lipinski definition) is 2. The second-order valence-corrected chi connectivity index (χ2v) is 2.96. The zero-order valence-corrected chi connectivity index (χ0v) is 8.95. The van der Waals surface area contributed by atoms with E-state index in [4.69, 9.17) is 0 Å². The van der Waals surface area contributed by atoms with Crippen molar-refractivity contribution in [1.82, 2.24) is 0 Å². The van der Waals surface area contributed by atoms with Gasteiger partial charge < -0.3 is 10.5 Å². The normalized spacial score (nSPS) is 8.15. The topological polar surface area (TPSA) is 52.3 Å². The maximum Gasteiger partial charge on any atom is 0.404 e. The summed E-state index contributed by atoms with van der Waals surface area (Å²) in [4.78, 5) is 9.60. The molecule has 1 rings (SSSR count). The highest BCUT2D eigenvalue weighted by Crippen LogP contribution is 2.05. The third kappa shape index (κ3) is 8.88. The Labute approximate surface area is 86.0 Å². The van der Waals surface area contributed by atoms with E-state index in [-0.39, 0.29) is 0 Å². The summed E-state index contributed by atoms with van der Waals surface area (Å²) in [5.74, 6) is 0. The molecule has 0 aromatic heterocycles. The van der Waals surface area contributed by atoms with Crippen LogP contribution >= 0.6 is 15.9 Å². The van der Waals surface area contributed by atoms with Crippen molar-refractivity contribution in [2.45, 2.75) is 6.92 Å². The van der Waals surface area contributed by atoms with Crippen molar-refractivity contribution in [2.75, 3.05) is 6.61 Å². The van der Waals surface area contributed by atoms with Gasteiger partial charge in [0.2, 0.25) is 0 Å². The Hall–Kier alpha value is -1.03. The number of carbonyl (C=O) groups is 1. The maximum absolute atomic E-state index is 9.60. The van der Waals surface area contributed by atoms with Crippen molar-refractivity contribution in [3.63, 3.8) is 0 Å². The fourth-order valence-electron chi connectivity index (χ4n) is 0.557. The molecule has 1 aromatic carbocycles. The molecule has 0 unspecified atom stereocenters. The summed E-state index contributed by atoms with van der Waals surface area (Å²) in [6.45, 7) is 2.06. The van der Waals surface area contributed by atoms with Gasteiger partial charge in [-0.15, -0.1) is 0 Å². The van der Waals surface area contributed by atoms with Crippen molar-refractivity contribution in [1.29, 1.82) is 0 Å². The van der Waals surface area contributed by atoms with Gasteiger partial charge in [0.1, 0.15) is 0 Å². The fourth-order valence-corrected chi connectivity index (χ4v) is 0.862. The molecule has 0 aliphatic rings. The summed E-state index contributed by atoms with van der Waals surface area (Å²) in [5, 5.41) is 0. The van der Waals surface area contributed by atoms with Crippen LogP contribution in [0.4, 0.5) is 4.79 Å². The van der Waals surface area contributed by atoms with E-state index in [1.165, 1.54) is 0 Å². The summed E-state index contributed by atoms with van der Waals surface area (Å²) >= 11 is 3.31. The molecule has 0 fully saturated rings. The minimum atomic E-state index is -0.711. The molecular weight excluding hydrogens is 234 g/mol. The third-order valence-corrected chi connectivity index (χ3v) is 1.55. The summed E-state index contributed by atoms with van der Waals surface area (Å²) in [6, 6.07) is 9.97. The lowest BCUT2D eigenvalue weighted by atomic mass is 10.4. The monoisotopic (exact) mass is 245 g/mol. The minimum Gasteiger partial charge on any atom is -0.450 e. The van der Waals surface area contributed by atoms with Gasteiger partial charge in [-0.1, -0.05) is 34.1 Å². The summed E-state index contributed by atoms with van der Waals surface area (Å²) in [7, 11) is 0. The number of ether oxygens (including phenoxy) is 1. The van der Waals surface area contributed by atoms with Crippen LogP contribution in [-0.4, -0.2) is 12.7 Å². The first-order valence-electron chi connectivity index (χ1n) is 3.79. The molecule has 0 atom stereocenters. The predicted molar refractivity (Wildman–Crippen MR) is 55.4 cm³/mol. The van der Waals surface area contributed by atoms with E-state index >= 15 is 0 Å². The number of amides is 1. The van der Waals surface area contributed by atoms with E-state index in [2.05, 4.69) is 26.4 Å². The number of benzene rings is 1. The zero-order chi connectivity index (χ0) is 10.1. The molecule has 3 nitrogen and oxygen atoms in total. The molecule has 72 valence electrons. The average molecular weight is 246 g/mol. The van der Waals surface area contributed by atoms with Crippen LogP contribution in [-0.2, 0) is 4.74 Å². The maximum atomic E-state index is 9.60. The van der Waals surface area contributed by atoms with Crippen molar-refractivity contribution >= 4 is 22.0 Å². The van der Waals surface area contributed by atoms with Crippen LogP contribution in [0.25, 0.3) is 0 Å². The van der Waals surface area contributed by atoms with Crippen molar-refractivity contribution in [3.05, 3.63) is 34.8 Å². The van der Waals surface area contributed by atoms with Crippen LogP contribution in [0.3, 0.4) is 0 Å². The Morgan fingerprint density at radius 1 is 1.46 bits per heavy atom. The molecule has 2 N–H and O–H groups in total. The van der Waals surface area contributed by atoms with Gasteiger partial charge in [-0.3, -0.25) is 0 Å². The summed E-state index contributed by atoms with van der Waals surface area (Å²) in [5.41, 5.74) is 4.54. The third-order valence-electron chi connectivity index (χ3n) is 1.02. The smallest absolute Gasteiger partial charge is 0.404 e. The van der Waals surface area contributed by atoms with Gasteiger partial charge in [-0.25, -0.2) is 4.79 Å². The van der Waals surface area contributed by atoms with Crippen molar-refractivity contribution < 1.29 is 9.53 Å². The van der Waals surface area contributed by atoms with E-state index in [0.29, 0.717) is 6.61 Å². The van der Waals surface area contributed by atoms with Crippen LogP contribution in [0.5, 0.6) is 0 Å². The highest BCUT2D eigenvalue weighted by molar-refractivity contribution is 9.10. The highest BCUT2D eigenvalue weighted by Gasteiger charge is 1.82. The lowest BCUT2D eigenvalue weighted by molar-refractivity contribution is 0.163. The van der Waals surface area contributed by atoms with E-state index in [0.717, 1.165) is 4.47 Å². The summed E-state index contributed by atoms with van der Waals surface area (Å²) in [6.07, 6.45) is -0.711. The molecule has 0 radical (unpaired) electrons. The van der Waals surface area contributed by atoms with Crippen LogP contribution in [0, 0.1) is 0 Å². The van der Waals surface area contributed by atoms with Crippen LogP contribution in [0.2, 0.25) is 0 Å². The number of halogens is 1. The van der Waals surface area contributed by atoms with Gasteiger partial charge in [0.25, 0.3) is 0 Å². The Morgan fingerprint density at radius 3 is 2.15 bits per heavy atom. The van der Waals surface area contributed by atoms with Crippen molar-refractivity contribution in [2.24, 2.45) is 5.73 Å². The Morgan fingerprint density at radius 2 is 2.00 bits per heavy atom. The molecule has 4 heteroatoms. The average Bonchev–Trinajstić information content (AvgIpc) is 2.06. The SMILES string of the molecule is Brc1ccccc1.CCOC(N)=O. The number of nitrogens with two attached hydrogens (primary N) is 1. The van der Waals surface area contributed by atoms with E-state index in [9.17, 15) is 4.79 Å². The number of rotatable bonds is 1. The van der Waals surface area contributed by atoms with E-state index in [1.807, 2.05) is 30.3 Å². The zero-order valence-electron chi connectivity index (χ0n) is 7.37. The Balaban J connectivity index is 0.000000226. The first kappa shape index (κ1) is 12.0. The molecule has 0 spiro atoms. The number of hydrogen-bond donors (Lipinski definition) is 1.